The van der Waals surface area contributed by atoms with E-state index in [9.17, 15) is 18.0 Å². The van der Waals surface area contributed by atoms with E-state index in [1.165, 1.54) is 0 Å². The summed E-state index contributed by atoms with van der Waals surface area (Å²) >= 11 is 0. The number of halogens is 3. The maximum atomic E-state index is 12.4. The summed E-state index contributed by atoms with van der Waals surface area (Å²) in [4.78, 5) is 17.5. The molecular weight excluding hydrogens is 267 g/mol. The third-order valence-electron chi connectivity index (χ3n) is 2.58. The topological polar surface area (TPSA) is 84.3 Å². The van der Waals surface area contributed by atoms with E-state index in [0.717, 1.165) is 12.3 Å². The van der Waals surface area contributed by atoms with E-state index < -0.39 is 36.0 Å². The van der Waals surface area contributed by atoms with Crippen molar-refractivity contribution in [2.24, 2.45) is 0 Å². The molecule has 0 saturated carbocycles. The molecule has 9 heteroatoms. The second-order valence-corrected chi connectivity index (χ2v) is 4.00. The van der Waals surface area contributed by atoms with Gasteiger partial charge in [-0.3, -0.25) is 4.79 Å². The molecule has 1 aromatic heterocycles. The molecule has 1 saturated heterocycles. The SMILES string of the molecule is O=C(O)C1CC(Oc2nccc(C(F)(F)F)n2)CN1. The third kappa shape index (κ3) is 3.31. The minimum Gasteiger partial charge on any atom is -0.480 e. The van der Waals surface area contributed by atoms with E-state index in [4.69, 9.17) is 9.84 Å². The highest BCUT2D eigenvalue weighted by Gasteiger charge is 2.34. The summed E-state index contributed by atoms with van der Waals surface area (Å²) in [5.41, 5.74) is -1.10. The zero-order valence-corrected chi connectivity index (χ0v) is 9.52. The fourth-order valence-corrected chi connectivity index (χ4v) is 1.69. The summed E-state index contributed by atoms with van der Waals surface area (Å²) in [7, 11) is 0. The Morgan fingerprint density at radius 1 is 1.53 bits per heavy atom. The zero-order valence-electron chi connectivity index (χ0n) is 9.52. The van der Waals surface area contributed by atoms with Crippen LogP contribution in [-0.4, -0.2) is 39.7 Å². The number of aromatic nitrogens is 2. The van der Waals surface area contributed by atoms with Crippen LogP contribution in [0, 0.1) is 0 Å². The van der Waals surface area contributed by atoms with Crippen molar-refractivity contribution in [1.82, 2.24) is 15.3 Å². The standard InChI is InChI=1S/C10H10F3N3O3/c11-10(12,13)7-1-2-14-9(16-7)19-5-3-6(8(17)18)15-4-5/h1-2,5-6,15H,3-4H2,(H,17,18). The summed E-state index contributed by atoms with van der Waals surface area (Å²) in [5.74, 6) is -1.03. The normalized spacial score (nSPS) is 23.3. The number of ether oxygens (including phenoxy) is 1. The highest BCUT2D eigenvalue weighted by atomic mass is 19.4. The van der Waals surface area contributed by atoms with Crippen LogP contribution in [0.4, 0.5) is 13.2 Å². The van der Waals surface area contributed by atoms with Crippen molar-refractivity contribution in [2.45, 2.75) is 24.7 Å². The maximum absolute atomic E-state index is 12.4. The maximum Gasteiger partial charge on any atom is 0.433 e. The van der Waals surface area contributed by atoms with Gasteiger partial charge in [0, 0.05) is 19.2 Å². The van der Waals surface area contributed by atoms with Crippen LogP contribution in [0.25, 0.3) is 0 Å². The number of hydrogen-bond acceptors (Lipinski definition) is 5. The molecule has 2 N–H and O–H groups in total. The van der Waals surface area contributed by atoms with Gasteiger partial charge in [-0.2, -0.15) is 18.2 Å². The summed E-state index contributed by atoms with van der Waals surface area (Å²) in [5, 5.41) is 11.4. The molecule has 2 atom stereocenters. The van der Waals surface area contributed by atoms with Gasteiger partial charge in [0.05, 0.1) is 0 Å². The molecule has 1 aromatic rings. The molecule has 0 amide bonds. The molecule has 2 heterocycles. The van der Waals surface area contributed by atoms with Gasteiger partial charge in [0.15, 0.2) is 5.69 Å². The Morgan fingerprint density at radius 3 is 2.84 bits per heavy atom. The van der Waals surface area contributed by atoms with Gasteiger partial charge in [-0.15, -0.1) is 0 Å². The second kappa shape index (κ2) is 5.00. The van der Waals surface area contributed by atoms with E-state index in [-0.39, 0.29) is 13.0 Å². The van der Waals surface area contributed by atoms with Crippen LogP contribution in [0.2, 0.25) is 0 Å². The van der Waals surface area contributed by atoms with Crippen molar-refractivity contribution >= 4 is 5.97 Å². The predicted molar refractivity (Wildman–Crippen MR) is 55.5 cm³/mol. The van der Waals surface area contributed by atoms with Crippen LogP contribution >= 0.6 is 0 Å². The van der Waals surface area contributed by atoms with E-state index in [1.807, 2.05) is 0 Å². The van der Waals surface area contributed by atoms with E-state index in [1.54, 1.807) is 0 Å². The molecule has 0 aliphatic carbocycles. The Labute approximate surface area is 105 Å². The van der Waals surface area contributed by atoms with Gasteiger partial charge in [-0.1, -0.05) is 0 Å². The van der Waals surface area contributed by atoms with Crippen molar-refractivity contribution < 1.29 is 27.8 Å². The van der Waals surface area contributed by atoms with Crippen molar-refractivity contribution in [3.63, 3.8) is 0 Å². The number of hydrogen-bond donors (Lipinski definition) is 2. The summed E-state index contributed by atoms with van der Waals surface area (Å²) < 4.78 is 42.4. The first kappa shape index (κ1) is 13.5. The first-order valence-corrected chi connectivity index (χ1v) is 5.39. The number of carboxylic acids is 1. The van der Waals surface area contributed by atoms with Crippen molar-refractivity contribution in [3.8, 4) is 6.01 Å². The van der Waals surface area contributed by atoms with Gasteiger partial charge in [0.1, 0.15) is 12.1 Å². The zero-order chi connectivity index (χ0) is 14.0. The Bertz CT molecular complexity index is 481. The van der Waals surface area contributed by atoms with Crippen LogP contribution in [0.1, 0.15) is 12.1 Å². The Morgan fingerprint density at radius 2 is 2.26 bits per heavy atom. The number of carbonyl (C=O) groups is 1. The number of alkyl halides is 3. The number of carboxylic acid groups (broad SMARTS) is 1. The predicted octanol–water partition coefficient (Wildman–Crippen LogP) is 0.689. The molecule has 0 radical (unpaired) electrons. The van der Waals surface area contributed by atoms with Gasteiger partial charge in [-0.25, -0.2) is 4.98 Å². The Kier molecular flexibility index (Phi) is 3.56. The van der Waals surface area contributed by atoms with Crippen LogP contribution < -0.4 is 10.1 Å². The lowest BCUT2D eigenvalue weighted by Gasteiger charge is -2.12. The fraction of sp³-hybridized carbons (Fsp3) is 0.500. The van der Waals surface area contributed by atoms with Gasteiger partial charge >= 0.3 is 18.2 Å². The summed E-state index contributed by atoms with van der Waals surface area (Å²) in [6.07, 6.45) is -4.04. The van der Waals surface area contributed by atoms with Gasteiger partial charge < -0.3 is 15.2 Å². The largest absolute Gasteiger partial charge is 0.480 e. The molecule has 2 rings (SSSR count). The first-order valence-electron chi connectivity index (χ1n) is 5.39. The van der Waals surface area contributed by atoms with Crippen LogP contribution in [0.5, 0.6) is 6.01 Å². The smallest absolute Gasteiger partial charge is 0.433 e. The van der Waals surface area contributed by atoms with Crippen LogP contribution in [-0.2, 0) is 11.0 Å². The lowest BCUT2D eigenvalue weighted by Crippen LogP contribution is -2.30. The van der Waals surface area contributed by atoms with Gasteiger partial charge in [0.25, 0.3) is 0 Å². The molecular formula is C10H10F3N3O3. The summed E-state index contributed by atoms with van der Waals surface area (Å²) in [6, 6.07) is -0.441. The first-order chi connectivity index (χ1) is 8.86. The third-order valence-corrected chi connectivity index (χ3v) is 2.58. The van der Waals surface area contributed by atoms with Gasteiger partial charge in [0.2, 0.25) is 0 Å². The molecule has 1 fully saturated rings. The van der Waals surface area contributed by atoms with Crippen LogP contribution in [0.3, 0.4) is 0 Å². The Balaban J connectivity index is 2.03. The lowest BCUT2D eigenvalue weighted by atomic mass is 10.2. The highest BCUT2D eigenvalue weighted by molar-refractivity contribution is 5.73. The van der Waals surface area contributed by atoms with Crippen molar-refractivity contribution in [1.29, 1.82) is 0 Å². The molecule has 0 bridgehead atoms. The lowest BCUT2D eigenvalue weighted by molar-refractivity contribution is -0.141. The van der Waals surface area contributed by atoms with Crippen molar-refractivity contribution in [2.75, 3.05) is 6.54 Å². The number of nitrogens with zero attached hydrogens (tertiary/aromatic N) is 2. The second-order valence-electron chi connectivity index (χ2n) is 4.00. The average Bonchev–Trinajstić information content (AvgIpc) is 2.77. The number of nitrogens with one attached hydrogen (secondary N) is 1. The molecule has 1 aliphatic heterocycles. The molecule has 6 nitrogen and oxygen atoms in total. The molecule has 0 aromatic carbocycles. The monoisotopic (exact) mass is 277 g/mol. The molecule has 19 heavy (non-hydrogen) atoms. The van der Waals surface area contributed by atoms with Crippen molar-refractivity contribution in [3.05, 3.63) is 18.0 Å². The van der Waals surface area contributed by atoms with E-state index in [0.29, 0.717) is 0 Å². The van der Waals surface area contributed by atoms with E-state index in [2.05, 4.69) is 15.3 Å². The fourth-order valence-electron chi connectivity index (χ4n) is 1.69. The molecule has 104 valence electrons. The van der Waals surface area contributed by atoms with Gasteiger partial charge in [-0.05, 0) is 6.07 Å². The van der Waals surface area contributed by atoms with E-state index >= 15 is 0 Å². The number of aliphatic carboxylic acids is 1. The minimum atomic E-state index is -4.57. The number of rotatable bonds is 3. The molecule has 1 aliphatic rings. The minimum absolute atomic E-state index is 0.148. The molecule has 0 spiro atoms. The van der Waals surface area contributed by atoms with Crippen LogP contribution in [0.15, 0.2) is 12.3 Å². The highest BCUT2D eigenvalue weighted by Crippen LogP contribution is 2.28. The summed E-state index contributed by atoms with van der Waals surface area (Å²) in [6.45, 7) is 0.219. The quantitative estimate of drug-likeness (QED) is 0.845. The molecule has 2 unspecified atom stereocenters. The Hall–Kier alpha value is -1.90. The average molecular weight is 277 g/mol.